The first-order valence-electron chi connectivity index (χ1n) is 4.05. The van der Waals surface area contributed by atoms with E-state index in [-0.39, 0.29) is 11.5 Å². The van der Waals surface area contributed by atoms with Crippen LogP contribution in [-0.4, -0.2) is 29.4 Å². The smallest absolute Gasteiger partial charge is 0.360 e. The van der Waals surface area contributed by atoms with Gasteiger partial charge in [-0.2, -0.15) is 0 Å². The Kier molecular flexibility index (Phi) is 3.21. The van der Waals surface area contributed by atoms with Gasteiger partial charge in [-0.15, -0.1) is 0 Å². The number of rotatable bonds is 3. The number of methoxy groups -OCH3 is 1. The van der Waals surface area contributed by atoms with E-state index < -0.39 is 18.1 Å². The zero-order valence-corrected chi connectivity index (χ0v) is 7.93. The fraction of sp³-hybridized carbons (Fsp3) is 0.500. The number of carbonyl (C=O) groups excluding carboxylic acids is 1. The van der Waals surface area contributed by atoms with Gasteiger partial charge in [-0.05, 0) is 6.92 Å². The molecule has 1 rings (SSSR count). The maximum absolute atomic E-state index is 11.0. The van der Waals surface area contributed by atoms with E-state index in [0.717, 1.165) is 0 Å². The number of esters is 1. The molecule has 0 aliphatic rings. The summed E-state index contributed by atoms with van der Waals surface area (Å²) in [5.41, 5.74) is 5.45. The Labute approximate surface area is 80.6 Å². The van der Waals surface area contributed by atoms with Crippen molar-refractivity contribution in [3.63, 3.8) is 0 Å². The molecule has 14 heavy (non-hydrogen) atoms. The third kappa shape index (κ3) is 2.09. The lowest BCUT2D eigenvalue weighted by Crippen LogP contribution is -2.23. The maximum atomic E-state index is 11.0. The Balaban J connectivity index is 2.82. The largest absolute Gasteiger partial charge is 0.464 e. The molecule has 0 bridgehead atoms. The van der Waals surface area contributed by atoms with E-state index in [1.165, 1.54) is 13.2 Å². The molecule has 0 aliphatic heterocycles. The van der Waals surface area contributed by atoms with Gasteiger partial charge in [0.15, 0.2) is 11.5 Å². The molecule has 2 unspecified atom stereocenters. The van der Waals surface area contributed by atoms with E-state index in [2.05, 4.69) is 9.89 Å². The Morgan fingerprint density at radius 3 is 2.93 bits per heavy atom. The number of carbonyl (C=O) groups is 1. The molecular formula is C8H12N2O4. The van der Waals surface area contributed by atoms with Crippen LogP contribution in [0.4, 0.5) is 0 Å². The summed E-state index contributed by atoms with van der Waals surface area (Å²) in [5.74, 6) is -0.461. The fourth-order valence-electron chi connectivity index (χ4n) is 0.889. The standard InChI is InChI=1S/C8H12N2O4/c1-4(9)7(11)6-3-5(10-14-6)8(12)13-2/h3-4,7,11H,9H2,1-2H3. The first kappa shape index (κ1) is 10.7. The molecule has 0 radical (unpaired) electrons. The number of nitrogens with two attached hydrogens (primary N) is 1. The Morgan fingerprint density at radius 1 is 1.79 bits per heavy atom. The molecule has 0 aliphatic carbocycles. The third-order valence-electron chi connectivity index (χ3n) is 1.71. The number of hydrogen-bond acceptors (Lipinski definition) is 6. The highest BCUT2D eigenvalue weighted by Crippen LogP contribution is 2.16. The third-order valence-corrected chi connectivity index (χ3v) is 1.71. The van der Waals surface area contributed by atoms with Crippen molar-refractivity contribution in [3.8, 4) is 0 Å². The number of aromatic nitrogens is 1. The molecule has 6 nitrogen and oxygen atoms in total. The van der Waals surface area contributed by atoms with E-state index in [1.54, 1.807) is 6.92 Å². The van der Waals surface area contributed by atoms with Gasteiger partial charge in [0.2, 0.25) is 0 Å². The van der Waals surface area contributed by atoms with Crippen molar-refractivity contribution in [2.24, 2.45) is 5.73 Å². The molecule has 0 aromatic carbocycles. The second kappa shape index (κ2) is 4.21. The van der Waals surface area contributed by atoms with Gasteiger partial charge in [-0.25, -0.2) is 4.79 Å². The first-order chi connectivity index (χ1) is 6.56. The monoisotopic (exact) mass is 200 g/mol. The lowest BCUT2D eigenvalue weighted by Gasteiger charge is -2.09. The topological polar surface area (TPSA) is 98.6 Å². The minimum Gasteiger partial charge on any atom is -0.464 e. The lowest BCUT2D eigenvalue weighted by atomic mass is 10.1. The lowest BCUT2D eigenvalue weighted by molar-refractivity contribution is 0.0588. The first-order valence-corrected chi connectivity index (χ1v) is 4.05. The summed E-state index contributed by atoms with van der Waals surface area (Å²) >= 11 is 0. The maximum Gasteiger partial charge on any atom is 0.360 e. The molecule has 2 atom stereocenters. The van der Waals surface area contributed by atoms with Crippen LogP contribution in [0.3, 0.4) is 0 Å². The van der Waals surface area contributed by atoms with Gasteiger partial charge in [0.1, 0.15) is 6.10 Å². The normalized spacial score (nSPS) is 14.9. The highest BCUT2D eigenvalue weighted by molar-refractivity contribution is 5.86. The van der Waals surface area contributed by atoms with Crippen molar-refractivity contribution in [3.05, 3.63) is 17.5 Å². The average Bonchev–Trinajstić information content (AvgIpc) is 2.64. The second-order valence-electron chi connectivity index (χ2n) is 2.91. The van der Waals surface area contributed by atoms with Crippen molar-refractivity contribution in [2.75, 3.05) is 7.11 Å². The molecule has 0 spiro atoms. The summed E-state index contributed by atoms with van der Waals surface area (Å²) in [6, 6.07) is 0.813. The van der Waals surface area contributed by atoms with E-state index >= 15 is 0 Å². The summed E-state index contributed by atoms with van der Waals surface area (Å²) < 4.78 is 9.15. The Morgan fingerprint density at radius 2 is 2.43 bits per heavy atom. The van der Waals surface area contributed by atoms with Gasteiger partial charge in [-0.1, -0.05) is 5.16 Å². The average molecular weight is 200 g/mol. The van der Waals surface area contributed by atoms with Crippen molar-refractivity contribution >= 4 is 5.97 Å². The van der Waals surface area contributed by atoms with E-state index in [0.29, 0.717) is 0 Å². The predicted octanol–water partition coefficient (Wildman–Crippen LogP) is -0.158. The molecule has 1 aromatic rings. The van der Waals surface area contributed by atoms with Crippen LogP contribution < -0.4 is 5.73 Å². The minimum atomic E-state index is -0.971. The molecule has 1 aromatic heterocycles. The molecule has 0 fully saturated rings. The number of hydrogen-bond donors (Lipinski definition) is 2. The summed E-state index contributed by atoms with van der Waals surface area (Å²) in [4.78, 5) is 11.0. The summed E-state index contributed by atoms with van der Waals surface area (Å²) in [7, 11) is 1.23. The van der Waals surface area contributed by atoms with Gasteiger partial charge in [0.25, 0.3) is 0 Å². The molecular weight excluding hydrogens is 188 g/mol. The van der Waals surface area contributed by atoms with Crippen molar-refractivity contribution in [2.45, 2.75) is 19.1 Å². The van der Waals surface area contributed by atoms with Gasteiger partial charge < -0.3 is 20.1 Å². The van der Waals surface area contributed by atoms with Gasteiger partial charge in [-0.3, -0.25) is 0 Å². The number of ether oxygens (including phenoxy) is 1. The molecule has 6 heteroatoms. The highest BCUT2D eigenvalue weighted by Gasteiger charge is 2.20. The predicted molar refractivity (Wildman–Crippen MR) is 46.5 cm³/mol. The van der Waals surface area contributed by atoms with E-state index in [9.17, 15) is 9.90 Å². The second-order valence-corrected chi connectivity index (χ2v) is 2.91. The number of aliphatic hydroxyl groups is 1. The van der Waals surface area contributed by atoms with Crippen molar-refractivity contribution in [1.82, 2.24) is 5.16 Å². The molecule has 0 amide bonds. The SMILES string of the molecule is COC(=O)c1cc(C(O)C(C)N)on1. The molecule has 0 saturated heterocycles. The summed E-state index contributed by atoms with van der Waals surface area (Å²) in [6.45, 7) is 1.62. The van der Waals surface area contributed by atoms with Crippen LogP contribution in [0.25, 0.3) is 0 Å². The van der Waals surface area contributed by atoms with Crippen molar-refractivity contribution < 1.29 is 19.2 Å². The summed E-state index contributed by atoms with van der Waals surface area (Å²) in [5, 5.41) is 12.9. The Hall–Kier alpha value is -1.40. The van der Waals surface area contributed by atoms with E-state index in [4.69, 9.17) is 10.3 Å². The number of aliphatic hydroxyl groups excluding tert-OH is 1. The van der Waals surface area contributed by atoms with Crippen molar-refractivity contribution in [1.29, 1.82) is 0 Å². The minimum absolute atomic E-state index is 0.0159. The van der Waals surface area contributed by atoms with Gasteiger partial charge in [0.05, 0.1) is 7.11 Å². The fourth-order valence-corrected chi connectivity index (χ4v) is 0.889. The van der Waals surface area contributed by atoms with E-state index in [1.807, 2.05) is 0 Å². The molecule has 0 saturated carbocycles. The van der Waals surface area contributed by atoms with Crippen LogP contribution in [-0.2, 0) is 4.74 Å². The molecule has 3 N–H and O–H groups in total. The quantitative estimate of drug-likeness (QED) is 0.658. The Bertz CT molecular complexity index is 321. The van der Waals surface area contributed by atoms with Crippen LogP contribution >= 0.6 is 0 Å². The van der Waals surface area contributed by atoms with Crippen LogP contribution in [0.1, 0.15) is 29.3 Å². The highest BCUT2D eigenvalue weighted by atomic mass is 16.5. The number of nitrogens with zero attached hydrogens (tertiary/aromatic N) is 1. The molecule has 78 valence electrons. The van der Waals surface area contributed by atoms with Gasteiger partial charge >= 0.3 is 5.97 Å². The zero-order valence-electron chi connectivity index (χ0n) is 7.93. The van der Waals surface area contributed by atoms with Crippen LogP contribution in [0.15, 0.2) is 10.6 Å². The summed E-state index contributed by atoms with van der Waals surface area (Å²) in [6.07, 6.45) is -0.971. The molecule has 1 heterocycles. The van der Waals surface area contributed by atoms with Crippen LogP contribution in [0, 0.1) is 0 Å². The van der Waals surface area contributed by atoms with Gasteiger partial charge in [0, 0.05) is 12.1 Å². The van der Waals surface area contributed by atoms with Crippen LogP contribution in [0.5, 0.6) is 0 Å². The zero-order chi connectivity index (χ0) is 10.7. The van der Waals surface area contributed by atoms with Crippen LogP contribution in [0.2, 0.25) is 0 Å².